The van der Waals surface area contributed by atoms with E-state index in [9.17, 15) is 9.59 Å². The molecule has 2 aromatic rings. The van der Waals surface area contributed by atoms with Crippen molar-refractivity contribution in [2.24, 2.45) is 5.92 Å². The Morgan fingerprint density at radius 3 is 2.73 bits per heavy atom. The molecular weight excluding hydrogens is 296 g/mol. The van der Waals surface area contributed by atoms with Gasteiger partial charge >= 0.3 is 0 Å². The summed E-state index contributed by atoms with van der Waals surface area (Å²) in [5.74, 6) is 0.0595. The summed E-state index contributed by atoms with van der Waals surface area (Å²) >= 11 is 1.62. The quantitative estimate of drug-likeness (QED) is 0.886. The first-order valence-corrected chi connectivity index (χ1v) is 8.26. The summed E-state index contributed by atoms with van der Waals surface area (Å²) in [5, 5.41) is 7.83. The molecule has 1 heterocycles. The van der Waals surface area contributed by atoms with Gasteiger partial charge in [0.25, 0.3) is 5.91 Å². The smallest absolute Gasteiger partial charge is 0.251 e. The average Bonchev–Trinajstić information content (AvgIpc) is 3.22. The molecule has 3 rings (SSSR count). The normalized spacial score (nSPS) is 15.1. The van der Waals surface area contributed by atoms with Gasteiger partial charge in [-0.1, -0.05) is 12.1 Å². The van der Waals surface area contributed by atoms with Crippen molar-refractivity contribution < 1.29 is 9.59 Å². The van der Waals surface area contributed by atoms with Crippen LogP contribution in [0, 0.1) is 5.92 Å². The van der Waals surface area contributed by atoms with Crippen LogP contribution in [0.4, 0.5) is 5.69 Å². The van der Waals surface area contributed by atoms with E-state index in [-0.39, 0.29) is 23.8 Å². The molecule has 0 spiro atoms. The topological polar surface area (TPSA) is 58.2 Å². The Labute approximate surface area is 133 Å². The predicted molar refractivity (Wildman–Crippen MR) is 88.0 cm³/mol. The van der Waals surface area contributed by atoms with Crippen molar-refractivity contribution in [1.82, 2.24) is 5.32 Å². The molecule has 1 atom stereocenters. The van der Waals surface area contributed by atoms with Gasteiger partial charge in [0.1, 0.15) is 0 Å². The van der Waals surface area contributed by atoms with Crippen LogP contribution in [0.25, 0.3) is 0 Å². The van der Waals surface area contributed by atoms with Crippen molar-refractivity contribution in [3.8, 4) is 0 Å². The van der Waals surface area contributed by atoms with E-state index in [1.807, 2.05) is 24.4 Å². The fraction of sp³-hybridized carbons (Fsp3) is 0.294. The van der Waals surface area contributed by atoms with Gasteiger partial charge in [-0.25, -0.2) is 0 Å². The lowest BCUT2D eigenvalue weighted by Crippen LogP contribution is -2.26. The maximum atomic E-state index is 12.3. The second-order valence-electron chi connectivity index (χ2n) is 5.55. The van der Waals surface area contributed by atoms with Crippen LogP contribution >= 0.6 is 11.3 Å². The number of thiophene rings is 1. The molecule has 114 valence electrons. The molecular formula is C17H18N2O2S. The highest BCUT2D eigenvalue weighted by Gasteiger charge is 2.29. The van der Waals surface area contributed by atoms with Crippen molar-refractivity contribution in [1.29, 1.82) is 0 Å². The Hall–Kier alpha value is -2.14. The molecule has 1 aliphatic rings. The number of hydrogen-bond acceptors (Lipinski definition) is 3. The lowest BCUT2D eigenvalue weighted by molar-refractivity contribution is -0.117. The van der Waals surface area contributed by atoms with Crippen LogP contribution in [0.2, 0.25) is 0 Å². The molecule has 0 aliphatic heterocycles. The molecule has 4 nitrogen and oxygen atoms in total. The number of benzene rings is 1. The highest BCUT2D eigenvalue weighted by molar-refractivity contribution is 7.10. The van der Waals surface area contributed by atoms with Gasteiger partial charge in [-0.2, -0.15) is 0 Å². The maximum Gasteiger partial charge on any atom is 0.251 e. The van der Waals surface area contributed by atoms with E-state index in [1.54, 1.807) is 35.6 Å². The van der Waals surface area contributed by atoms with E-state index in [4.69, 9.17) is 0 Å². The van der Waals surface area contributed by atoms with Gasteiger partial charge in [0.2, 0.25) is 5.91 Å². The van der Waals surface area contributed by atoms with Crippen LogP contribution < -0.4 is 10.6 Å². The number of anilines is 1. The fourth-order valence-electron chi connectivity index (χ4n) is 2.22. The number of carbonyl (C=O) groups is 2. The van der Waals surface area contributed by atoms with Crippen molar-refractivity contribution in [3.63, 3.8) is 0 Å². The van der Waals surface area contributed by atoms with Gasteiger partial charge in [0.05, 0.1) is 6.04 Å². The molecule has 1 fully saturated rings. The fourth-order valence-corrected chi connectivity index (χ4v) is 2.95. The molecule has 1 aliphatic carbocycles. The Kier molecular flexibility index (Phi) is 4.24. The third-order valence-corrected chi connectivity index (χ3v) is 4.71. The van der Waals surface area contributed by atoms with Gasteiger partial charge in [-0.05, 0) is 49.4 Å². The predicted octanol–water partition coefficient (Wildman–Crippen LogP) is 3.59. The Bertz CT molecular complexity index is 678. The van der Waals surface area contributed by atoms with E-state index < -0.39 is 0 Å². The van der Waals surface area contributed by atoms with E-state index in [2.05, 4.69) is 10.6 Å². The first kappa shape index (κ1) is 14.8. The highest BCUT2D eigenvalue weighted by atomic mass is 32.1. The summed E-state index contributed by atoms with van der Waals surface area (Å²) in [4.78, 5) is 25.2. The number of hydrogen-bond donors (Lipinski definition) is 2. The second-order valence-corrected chi connectivity index (χ2v) is 6.53. The summed E-state index contributed by atoms with van der Waals surface area (Å²) < 4.78 is 0. The molecule has 22 heavy (non-hydrogen) atoms. The zero-order valence-electron chi connectivity index (χ0n) is 12.3. The van der Waals surface area contributed by atoms with Crippen LogP contribution in [-0.2, 0) is 4.79 Å². The van der Waals surface area contributed by atoms with Crippen LogP contribution in [-0.4, -0.2) is 11.8 Å². The third kappa shape index (κ3) is 3.54. The van der Waals surface area contributed by atoms with Crippen LogP contribution in [0.5, 0.6) is 0 Å². The van der Waals surface area contributed by atoms with Crippen LogP contribution in [0.1, 0.15) is 41.0 Å². The lowest BCUT2D eigenvalue weighted by atomic mass is 10.1. The first-order chi connectivity index (χ1) is 10.6. The van der Waals surface area contributed by atoms with E-state index in [1.165, 1.54) is 0 Å². The Morgan fingerprint density at radius 1 is 1.23 bits per heavy atom. The summed E-state index contributed by atoms with van der Waals surface area (Å²) in [6, 6.07) is 11.0. The van der Waals surface area contributed by atoms with E-state index in [0.29, 0.717) is 11.3 Å². The molecule has 0 radical (unpaired) electrons. The molecule has 2 amide bonds. The molecule has 5 heteroatoms. The Balaban J connectivity index is 1.65. The summed E-state index contributed by atoms with van der Waals surface area (Å²) in [6.45, 7) is 1.96. The molecule has 0 unspecified atom stereocenters. The zero-order valence-corrected chi connectivity index (χ0v) is 13.2. The minimum absolute atomic E-state index is 0.0304. The van der Waals surface area contributed by atoms with Crippen LogP contribution in [0.3, 0.4) is 0 Å². The largest absolute Gasteiger partial charge is 0.345 e. The third-order valence-electron chi connectivity index (χ3n) is 3.66. The van der Waals surface area contributed by atoms with Gasteiger partial charge in [-0.3, -0.25) is 9.59 Å². The summed E-state index contributed by atoms with van der Waals surface area (Å²) in [6.07, 6.45) is 1.93. The van der Waals surface area contributed by atoms with Gasteiger partial charge in [-0.15, -0.1) is 11.3 Å². The SMILES string of the molecule is C[C@H](NC(=O)c1cccc(NC(=O)C2CC2)c1)c1cccs1. The summed E-state index contributed by atoms with van der Waals surface area (Å²) in [5.41, 5.74) is 1.23. The van der Waals surface area contributed by atoms with Crippen molar-refractivity contribution in [2.75, 3.05) is 5.32 Å². The molecule has 0 saturated heterocycles. The minimum atomic E-state index is -0.136. The van der Waals surface area contributed by atoms with E-state index in [0.717, 1.165) is 17.7 Å². The van der Waals surface area contributed by atoms with Crippen molar-refractivity contribution in [3.05, 3.63) is 52.2 Å². The maximum absolute atomic E-state index is 12.3. The summed E-state index contributed by atoms with van der Waals surface area (Å²) in [7, 11) is 0. The number of carbonyl (C=O) groups excluding carboxylic acids is 2. The molecule has 2 N–H and O–H groups in total. The Morgan fingerprint density at radius 2 is 2.05 bits per heavy atom. The van der Waals surface area contributed by atoms with Crippen molar-refractivity contribution in [2.45, 2.75) is 25.8 Å². The van der Waals surface area contributed by atoms with Crippen LogP contribution in [0.15, 0.2) is 41.8 Å². The zero-order chi connectivity index (χ0) is 15.5. The van der Waals surface area contributed by atoms with Gasteiger partial charge in [0, 0.05) is 22.0 Å². The highest BCUT2D eigenvalue weighted by Crippen LogP contribution is 2.30. The number of nitrogens with one attached hydrogen (secondary N) is 2. The number of rotatable bonds is 5. The first-order valence-electron chi connectivity index (χ1n) is 7.38. The number of amides is 2. The van der Waals surface area contributed by atoms with E-state index >= 15 is 0 Å². The second kappa shape index (κ2) is 6.32. The van der Waals surface area contributed by atoms with Gasteiger partial charge in [0.15, 0.2) is 0 Å². The average molecular weight is 314 g/mol. The minimum Gasteiger partial charge on any atom is -0.345 e. The molecule has 1 aromatic heterocycles. The molecule has 1 saturated carbocycles. The van der Waals surface area contributed by atoms with Gasteiger partial charge < -0.3 is 10.6 Å². The monoisotopic (exact) mass is 314 g/mol. The standard InChI is InChI=1S/C17H18N2O2S/c1-11(15-6-3-9-22-15)18-17(21)13-4-2-5-14(10-13)19-16(20)12-7-8-12/h2-6,9-12H,7-8H2,1H3,(H,18,21)(H,19,20)/t11-/m0/s1. The van der Waals surface area contributed by atoms with Crippen molar-refractivity contribution >= 4 is 28.8 Å². The molecule has 0 bridgehead atoms. The molecule has 1 aromatic carbocycles. The lowest BCUT2D eigenvalue weighted by Gasteiger charge is -2.13.